The zero-order valence-electron chi connectivity index (χ0n) is 17.0. The van der Waals surface area contributed by atoms with E-state index >= 15 is 0 Å². The number of anilines is 1. The average molecular weight is 423 g/mol. The van der Waals surface area contributed by atoms with E-state index in [-0.39, 0.29) is 5.91 Å². The van der Waals surface area contributed by atoms with Crippen LogP contribution in [0, 0.1) is 13.8 Å². The Kier molecular flexibility index (Phi) is 5.57. The van der Waals surface area contributed by atoms with Gasteiger partial charge in [0.2, 0.25) is 0 Å². The monoisotopic (exact) mass is 422 g/mol. The van der Waals surface area contributed by atoms with Crippen molar-refractivity contribution in [3.8, 4) is 16.4 Å². The smallest absolute Gasteiger partial charge is 0.269 e. The first-order chi connectivity index (χ1) is 14.5. The second-order valence-corrected chi connectivity index (χ2v) is 7.65. The summed E-state index contributed by atoms with van der Waals surface area (Å²) in [7, 11) is 1.77. The Morgan fingerprint density at radius 2 is 2.07 bits per heavy atom. The van der Waals surface area contributed by atoms with Crippen molar-refractivity contribution in [3.63, 3.8) is 0 Å². The molecular weight excluding hydrogens is 400 g/mol. The van der Waals surface area contributed by atoms with E-state index in [0.29, 0.717) is 30.4 Å². The molecule has 0 unspecified atom stereocenters. The van der Waals surface area contributed by atoms with E-state index in [4.69, 9.17) is 0 Å². The first-order valence-electron chi connectivity index (χ1n) is 9.47. The molecule has 9 nitrogen and oxygen atoms in total. The molecule has 0 fully saturated rings. The van der Waals surface area contributed by atoms with Crippen molar-refractivity contribution in [1.82, 2.24) is 34.6 Å². The molecule has 0 atom stereocenters. The van der Waals surface area contributed by atoms with Gasteiger partial charge in [-0.3, -0.25) is 14.0 Å². The molecule has 0 aliphatic heterocycles. The zero-order chi connectivity index (χ0) is 21.1. The van der Waals surface area contributed by atoms with Crippen molar-refractivity contribution in [3.05, 3.63) is 59.4 Å². The van der Waals surface area contributed by atoms with Crippen LogP contribution >= 0.6 is 11.3 Å². The standard InChI is InChI=1S/C20H22N8OS/c1-13-24-18(12-19(25-13)28-9-8-21-14(28)2)22-6-7-23-20(29)16-11-15(26-27(16)3)17-5-4-10-30-17/h4-5,8-12H,6-7H2,1-3H3,(H,23,29)(H,22,24,25). The second kappa shape index (κ2) is 8.46. The first kappa shape index (κ1) is 19.8. The molecule has 4 heterocycles. The molecule has 0 bridgehead atoms. The lowest BCUT2D eigenvalue weighted by atomic mass is 10.3. The van der Waals surface area contributed by atoms with Gasteiger partial charge in [-0.25, -0.2) is 15.0 Å². The number of hydrogen-bond acceptors (Lipinski definition) is 7. The predicted octanol–water partition coefficient (Wildman–Crippen LogP) is 2.58. The van der Waals surface area contributed by atoms with Gasteiger partial charge < -0.3 is 10.6 Å². The molecule has 4 aromatic heterocycles. The van der Waals surface area contributed by atoms with Crippen molar-refractivity contribution < 1.29 is 4.79 Å². The van der Waals surface area contributed by atoms with E-state index < -0.39 is 0 Å². The minimum Gasteiger partial charge on any atom is -0.368 e. The SMILES string of the molecule is Cc1nc(NCCNC(=O)c2cc(-c3cccs3)nn2C)cc(-n2ccnc2C)n1. The average Bonchev–Trinajstić information content (AvgIpc) is 3.45. The number of thiophene rings is 1. The topological polar surface area (TPSA) is 103 Å². The van der Waals surface area contributed by atoms with Crippen molar-refractivity contribution in [2.75, 3.05) is 18.4 Å². The van der Waals surface area contributed by atoms with Gasteiger partial charge in [0, 0.05) is 38.6 Å². The lowest BCUT2D eigenvalue weighted by molar-refractivity contribution is 0.0946. The van der Waals surface area contributed by atoms with E-state index in [1.165, 1.54) is 0 Å². The van der Waals surface area contributed by atoms with Gasteiger partial charge in [0.15, 0.2) is 0 Å². The molecule has 4 rings (SSSR count). The molecule has 0 aliphatic carbocycles. The third-order valence-corrected chi connectivity index (χ3v) is 5.39. The highest BCUT2D eigenvalue weighted by Crippen LogP contribution is 2.23. The quantitative estimate of drug-likeness (QED) is 0.444. The molecule has 4 aromatic rings. The summed E-state index contributed by atoms with van der Waals surface area (Å²) in [5.41, 5.74) is 1.32. The molecule has 154 valence electrons. The van der Waals surface area contributed by atoms with Crippen molar-refractivity contribution in [1.29, 1.82) is 0 Å². The van der Waals surface area contributed by atoms with Crippen LogP contribution in [0.3, 0.4) is 0 Å². The Bertz CT molecular complexity index is 1160. The minimum atomic E-state index is -0.164. The largest absolute Gasteiger partial charge is 0.368 e. The van der Waals surface area contributed by atoms with Crippen LogP contribution in [-0.2, 0) is 7.05 Å². The van der Waals surface area contributed by atoms with Crippen molar-refractivity contribution in [2.45, 2.75) is 13.8 Å². The summed E-state index contributed by atoms with van der Waals surface area (Å²) in [5, 5.41) is 12.6. The Morgan fingerprint density at radius 3 is 2.80 bits per heavy atom. The fourth-order valence-electron chi connectivity index (χ4n) is 3.07. The van der Waals surface area contributed by atoms with E-state index in [0.717, 1.165) is 22.2 Å². The summed E-state index contributed by atoms with van der Waals surface area (Å²) < 4.78 is 3.50. The number of imidazole rings is 1. The number of amides is 1. The Hall–Kier alpha value is -3.53. The first-order valence-corrected chi connectivity index (χ1v) is 10.4. The maximum atomic E-state index is 12.5. The Balaban J connectivity index is 1.35. The number of carbonyl (C=O) groups is 1. The summed E-state index contributed by atoms with van der Waals surface area (Å²) >= 11 is 1.60. The number of hydrogen-bond donors (Lipinski definition) is 2. The highest BCUT2D eigenvalue weighted by atomic mass is 32.1. The second-order valence-electron chi connectivity index (χ2n) is 6.70. The Morgan fingerprint density at radius 1 is 1.20 bits per heavy atom. The number of nitrogens with zero attached hydrogens (tertiary/aromatic N) is 6. The maximum absolute atomic E-state index is 12.5. The van der Waals surface area contributed by atoms with E-state index in [2.05, 4.69) is 30.7 Å². The molecule has 0 saturated carbocycles. The lowest BCUT2D eigenvalue weighted by Gasteiger charge is -2.10. The van der Waals surface area contributed by atoms with Crippen LogP contribution < -0.4 is 10.6 Å². The normalized spacial score (nSPS) is 10.9. The molecular formula is C20H22N8OS. The van der Waals surface area contributed by atoms with Gasteiger partial charge in [0.25, 0.3) is 5.91 Å². The summed E-state index contributed by atoms with van der Waals surface area (Å²) in [6.45, 7) is 4.74. The summed E-state index contributed by atoms with van der Waals surface area (Å²) in [6.07, 6.45) is 3.59. The molecule has 0 aromatic carbocycles. The molecule has 30 heavy (non-hydrogen) atoms. The third-order valence-electron chi connectivity index (χ3n) is 4.50. The summed E-state index contributed by atoms with van der Waals surface area (Å²) in [5.74, 6) is 2.79. The summed E-state index contributed by atoms with van der Waals surface area (Å²) in [4.78, 5) is 26.7. The number of aromatic nitrogens is 6. The van der Waals surface area contributed by atoms with Crippen LogP contribution in [0.2, 0.25) is 0 Å². The van der Waals surface area contributed by atoms with Gasteiger partial charge in [-0.2, -0.15) is 5.10 Å². The third kappa shape index (κ3) is 4.23. The zero-order valence-corrected chi connectivity index (χ0v) is 17.8. The lowest BCUT2D eigenvalue weighted by Crippen LogP contribution is -2.30. The van der Waals surface area contributed by atoms with Gasteiger partial charge in [0.1, 0.15) is 34.7 Å². The summed E-state index contributed by atoms with van der Waals surface area (Å²) in [6, 6.07) is 7.62. The molecule has 0 aliphatic rings. The van der Waals surface area contributed by atoms with Gasteiger partial charge >= 0.3 is 0 Å². The maximum Gasteiger partial charge on any atom is 0.269 e. The van der Waals surface area contributed by atoms with Crippen LogP contribution in [0.4, 0.5) is 5.82 Å². The van der Waals surface area contributed by atoms with E-state index in [9.17, 15) is 4.79 Å². The number of carbonyl (C=O) groups excluding carboxylic acids is 1. The van der Waals surface area contributed by atoms with Crippen LogP contribution in [0.15, 0.2) is 42.0 Å². The Labute approximate surface area is 177 Å². The molecule has 0 radical (unpaired) electrons. The number of nitrogens with one attached hydrogen (secondary N) is 2. The number of aryl methyl sites for hydroxylation is 3. The van der Waals surface area contributed by atoms with Gasteiger partial charge in [0.05, 0.1) is 4.88 Å². The van der Waals surface area contributed by atoms with E-state index in [1.54, 1.807) is 29.3 Å². The van der Waals surface area contributed by atoms with Gasteiger partial charge in [-0.05, 0) is 31.4 Å². The molecule has 0 saturated heterocycles. The van der Waals surface area contributed by atoms with Crippen molar-refractivity contribution in [2.24, 2.45) is 7.05 Å². The molecule has 2 N–H and O–H groups in total. The van der Waals surface area contributed by atoms with Crippen LogP contribution in [0.25, 0.3) is 16.4 Å². The fourth-order valence-corrected chi connectivity index (χ4v) is 3.75. The van der Waals surface area contributed by atoms with Gasteiger partial charge in [-0.1, -0.05) is 6.07 Å². The fraction of sp³-hybridized carbons (Fsp3) is 0.250. The highest BCUT2D eigenvalue weighted by molar-refractivity contribution is 7.13. The van der Waals surface area contributed by atoms with Crippen LogP contribution in [0.1, 0.15) is 22.1 Å². The predicted molar refractivity (Wildman–Crippen MR) is 116 cm³/mol. The number of rotatable bonds is 7. The highest BCUT2D eigenvalue weighted by Gasteiger charge is 2.14. The molecule has 10 heteroatoms. The van der Waals surface area contributed by atoms with E-state index in [1.807, 2.05) is 54.3 Å². The van der Waals surface area contributed by atoms with Gasteiger partial charge in [-0.15, -0.1) is 11.3 Å². The molecule has 1 amide bonds. The van der Waals surface area contributed by atoms with Crippen molar-refractivity contribution >= 4 is 23.1 Å². The van der Waals surface area contributed by atoms with Crippen LogP contribution in [0.5, 0.6) is 0 Å². The van der Waals surface area contributed by atoms with Crippen LogP contribution in [-0.4, -0.2) is 48.3 Å². The minimum absolute atomic E-state index is 0.164. The molecule has 0 spiro atoms.